The lowest BCUT2D eigenvalue weighted by molar-refractivity contribution is 0.467. The third-order valence-electron chi connectivity index (χ3n) is 3.09. The van der Waals surface area contributed by atoms with Crippen LogP contribution >= 0.6 is 0 Å². The molecule has 0 unspecified atom stereocenters. The molecular formula is C14H10N6O. The van der Waals surface area contributed by atoms with Gasteiger partial charge in [-0.1, -0.05) is 12.1 Å². The predicted molar refractivity (Wildman–Crippen MR) is 77.0 cm³/mol. The van der Waals surface area contributed by atoms with E-state index in [1.807, 2.05) is 24.3 Å². The van der Waals surface area contributed by atoms with Crippen molar-refractivity contribution in [3.05, 3.63) is 48.5 Å². The van der Waals surface area contributed by atoms with Crippen molar-refractivity contribution in [2.24, 2.45) is 0 Å². The van der Waals surface area contributed by atoms with Gasteiger partial charge in [-0.15, -0.1) is 5.10 Å². The van der Waals surface area contributed by atoms with Crippen LogP contribution in [0.15, 0.2) is 48.5 Å². The normalized spacial score (nSPS) is 11.0. The minimum absolute atomic E-state index is 0.350. The van der Waals surface area contributed by atoms with E-state index in [0.29, 0.717) is 23.0 Å². The molecule has 2 N–H and O–H groups in total. The largest absolute Gasteiger partial charge is 0.436 e. The van der Waals surface area contributed by atoms with E-state index in [-0.39, 0.29) is 0 Å². The monoisotopic (exact) mass is 278 g/mol. The molecule has 2 aromatic carbocycles. The molecule has 4 aromatic rings. The molecule has 0 spiro atoms. The van der Waals surface area contributed by atoms with Crippen molar-refractivity contribution in [1.29, 1.82) is 0 Å². The maximum absolute atomic E-state index is 5.78. The third-order valence-corrected chi connectivity index (χ3v) is 3.09. The summed E-state index contributed by atoms with van der Waals surface area (Å²) in [5.74, 6) is 0.973. The molecular weight excluding hydrogens is 268 g/mol. The maximum Gasteiger partial charge on any atom is 0.268 e. The van der Waals surface area contributed by atoms with E-state index in [1.54, 1.807) is 28.8 Å². The molecule has 0 amide bonds. The zero-order chi connectivity index (χ0) is 14.2. The number of anilines is 1. The molecule has 0 aliphatic carbocycles. The molecule has 0 fully saturated rings. The predicted octanol–water partition coefficient (Wildman–Crippen LogP) is 2.05. The Labute approximate surface area is 119 Å². The van der Waals surface area contributed by atoms with Crippen LogP contribution in [0.2, 0.25) is 0 Å². The number of nitrogens with two attached hydrogens (primary N) is 1. The number of para-hydroxylation sites is 2. The Bertz CT molecular complexity index is 931. The summed E-state index contributed by atoms with van der Waals surface area (Å²) < 4.78 is 7.39. The second-order valence-corrected chi connectivity index (χ2v) is 4.49. The highest BCUT2D eigenvalue weighted by atomic mass is 16.5. The minimum Gasteiger partial charge on any atom is -0.436 e. The number of fused-ring (bicyclic) bond motifs is 3. The van der Waals surface area contributed by atoms with E-state index in [1.165, 1.54) is 0 Å². The first-order chi connectivity index (χ1) is 10.3. The van der Waals surface area contributed by atoms with Crippen molar-refractivity contribution >= 4 is 22.4 Å². The third kappa shape index (κ3) is 1.91. The van der Waals surface area contributed by atoms with E-state index < -0.39 is 0 Å². The smallest absolute Gasteiger partial charge is 0.268 e. The van der Waals surface area contributed by atoms with Crippen LogP contribution in [-0.4, -0.2) is 25.0 Å². The average molecular weight is 278 g/mol. The number of nitrogens with zero attached hydrogens (tertiary/aromatic N) is 5. The lowest BCUT2D eigenvalue weighted by Crippen LogP contribution is -1.98. The van der Waals surface area contributed by atoms with Crippen molar-refractivity contribution in [3.8, 4) is 11.6 Å². The van der Waals surface area contributed by atoms with Crippen LogP contribution in [0.25, 0.3) is 16.7 Å². The zero-order valence-electron chi connectivity index (χ0n) is 10.8. The molecule has 102 valence electrons. The van der Waals surface area contributed by atoms with E-state index in [0.717, 1.165) is 11.0 Å². The van der Waals surface area contributed by atoms with Gasteiger partial charge in [0.05, 0.1) is 11.0 Å². The summed E-state index contributed by atoms with van der Waals surface area (Å²) in [4.78, 5) is 4.48. The number of aromatic nitrogens is 5. The molecule has 0 atom stereocenters. The number of benzene rings is 2. The molecule has 0 bridgehead atoms. The van der Waals surface area contributed by atoms with Crippen molar-refractivity contribution in [2.75, 3.05) is 5.73 Å². The Hall–Kier alpha value is -3.22. The van der Waals surface area contributed by atoms with Gasteiger partial charge in [-0.3, -0.25) is 0 Å². The van der Waals surface area contributed by atoms with Crippen LogP contribution in [0.1, 0.15) is 0 Å². The number of nitrogen functional groups attached to an aromatic ring is 1. The van der Waals surface area contributed by atoms with Gasteiger partial charge in [-0.05, 0) is 46.8 Å². The van der Waals surface area contributed by atoms with Gasteiger partial charge in [0.25, 0.3) is 5.88 Å². The highest BCUT2D eigenvalue weighted by Crippen LogP contribution is 2.26. The van der Waals surface area contributed by atoms with Crippen LogP contribution in [0.4, 0.5) is 5.69 Å². The Morgan fingerprint density at radius 2 is 1.81 bits per heavy atom. The van der Waals surface area contributed by atoms with Crippen LogP contribution in [0.3, 0.4) is 0 Å². The summed E-state index contributed by atoms with van der Waals surface area (Å²) in [6.07, 6.45) is 0. The molecule has 0 saturated heterocycles. The van der Waals surface area contributed by atoms with E-state index >= 15 is 0 Å². The number of rotatable bonds is 2. The molecule has 0 radical (unpaired) electrons. The number of hydrogen-bond acceptors (Lipinski definition) is 6. The second kappa shape index (κ2) is 4.41. The molecule has 7 heteroatoms. The summed E-state index contributed by atoms with van der Waals surface area (Å²) in [5, 5.41) is 11.6. The molecule has 0 aliphatic heterocycles. The highest BCUT2D eigenvalue weighted by Gasteiger charge is 2.13. The fraction of sp³-hybridized carbons (Fsp3) is 0. The minimum atomic E-state index is 0.350. The van der Waals surface area contributed by atoms with Gasteiger partial charge in [0.2, 0.25) is 5.65 Å². The summed E-state index contributed by atoms with van der Waals surface area (Å²) in [6, 6.07) is 14.7. The molecule has 21 heavy (non-hydrogen) atoms. The van der Waals surface area contributed by atoms with Crippen LogP contribution in [0, 0.1) is 0 Å². The van der Waals surface area contributed by atoms with Crippen LogP contribution in [0.5, 0.6) is 11.6 Å². The van der Waals surface area contributed by atoms with Gasteiger partial charge in [0, 0.05) is 5.69 Å². The number of hydrogen-bond donors (Lipinski definition) is 1. The number of ether oxygens (including phenoxy) is 1. The summed E-state index contributed by atoms with van der Waals surface area (Å²) in [6.45, 7) is 0. The fourth-order valence-corrected chi connectivity index (χ4v) is 2.10. The van der Waals surface area contributed by atoms with Crippen molar-refractivity contribution in [2.45, 2.75) is 0 Å². The quantitative estimate of drug-likeness (QED) is 0.564. The first kappa shape index (κ1) is 11.6. The van der Waals surface area contributed by atoms with Crippen LogP contribution < -0.4 is 10.5 Å². The van der Waals surface area contributed by atoms with Gasteiger partial charge in [-0.25, -0.2) is 4.98 Å². The Morgan fingerprint density at radius 3 is 2.67 bits per heavy atom. The topological polar surface area (TPSA) is 91.2 Å². The highest BCUT2D eigenvalue weighted by molar-refractivity contribution is 5.78. The van der Waals surface area contributed by atoms with Gasteiger partial charge in [0.1, 0.15) is 5.75 Å². The standard InChI is InChI=1S/C14H10N6O/c15-9-5-7-10(8-6-9)21-14-13-17-18-19-20(13)12-4-2-1-3-11(12)16-14/h1-8H,15H2. The van der Waals surface area contributed by atoms with E-state index in [2.05, 4.69) is 20.5 Å². The molecule has 0 saturated carbocycles. The van der Waals surface area contributed by atoms with E-state index in [4.69, 9.17) is 10.5 Å². The lowest BCUT2D eigenvalue weighted by Gasteiger charge is -2.07. The van der Waals surface area contributed by atoms with Gasteiger partial charge >= 0.3 is 0 Å². The second-order valence-electron chi connectivity index (χ2n) is 4.49. The number of tetrazole rings is 1. The SMILES string of the molecule is Nc1ccc(Oc2nc3ccccc3n3nnnc23)cc1. The maximum atomic E-state index is 5.78. The van der Waals surface area contributed by atoms with Gasteiger partial charge in [-0.2, -0.15) is 4.52 Å². The van der Waals surface area contributed by atoms with Crippen molar-refractivity contribution in [3.63, 3.8) is 0 Å². The summed E-state index contributed by atoms with van der Waals surface area (Å²) >= 11 is 0. The first-order valence-corrected chi connectivity index (χ1v) is 6.31. The van der Waals surface area contributed by atoms with E-state index in [9.17, 15) is 0 Å². The summed E-state index contributed by atoms with van der Waals surface area (Å²) in [7, 11) is 0. The van der Waals surface area contributed by atoms with Crippen LogP contribution in [-0.2, 0) is 0 Å². The lowest BCUT2D eigenvalue weighted by atomic mass is 10.3. The molecule has 2 heterocycles. The average Bonchev–Trinajstić information content (AvgIpc) is 3.00. The summed E-state index contributed by atoms with van der Waals surface area (Å²) in [5.41, 5.74) is 8.37. The van der Waals surface area contributed by atoms with Gasteiger partial charge < -0.3 is 10.5 Å². The fourth-order valence-electron chi connectivity index (χ4n) is 2.10. The van der Waals surface area contributed by atoms with Crippen molar-refractivity contribution in [1.82, 2.24) is 25.0 Å². The van der Waals surface area contributed by atoms with Crippen molar-refractivity contribution < 1.29 is 4.74 Å². The molecule has 0 aliphatic rings. The Morgan fingerprint density at radius 1 is 1.00 bits per heavy atom. The van der Waals surface area contributed by atoms with Gasteiger partial charge in [0.15, 0.2) is 0 Å². The molecule has 2 aromatic heterocycles. The molecule has 4 rings (SSSR count). The molecule has 7 nitrogen and oxygen atoms in total. The zero-order valence-corrected chi connectivity index (χ0v) is 10.8. The Balaban J connectivity index is 1.90. The first-order valence-electron chi connectivity index (χ1n) is 6.31. The Kier molecular flexibility index (Phi) is 2.43.